The second kappa shape index (κ2) is 7.40. The highest BCUT2D eigenvalue weighted by Crippen LogP contribution is 2.22. The number of amides is 2. The fourth-order valence-corrected chi connectivity index (χ4v) is 2.30. The molecule has 2 N–H and O–H groups in total. The Balaban J connectivity index is 2.08. The van der Waals surface area contributed by atoms with Crippen LogP contribution in [0.5, 0.6) is 0 Å². The van der Waals surface area contributed by atoms with E-state index in [2.05, 4.69) is 10.6 Å². The lowest BCUT2D eigenvalue weighted by molar-refractivity contribution is -0.384. The average Bonchev–Trinajstić information content (AvgIpc) is 2.53. The molecule has 0 aromatic heterocycles. The number of hydrogen-bond acceptors (Lipinski definition) is 3. The highest BCUT2D eigenvalue weighted by Gasteiger charge is 2.18. The van der Waals surface area contributed by atoms with E-state index in [-0.39, 0.29) is 17.6 Å². The Bertz CT molecular complexity index is 686. The number of urea groups is 1. The van der Waals surface area contributed by atoms with Crippen LogP contribution < -0.4 is 10.6 Å². The lowest BCUT2D eigenvalue weighted by Gasteiger charge is -2.23. The minimum Gasteiger partial charge on any atom is -0.331 e. The molecular formula is C17H19N3O3. The summed E-state index contributed by atoms with van der Waals surface area (Å²) < 4.78 is 0. The number of nitrogens with zero attached hydrogens (tertiary/aromatic N) is 1. The van der Waals surface area contributed by atoms with E-state index in [1.165, 1.54) is 18.2 Å². The third-order valence-corrected chi connectivity index (χ3v) is 3.43. The maximum atomic E-state index is 12.2. The highest BCUT2D eigenvalue weighted by atomic mass is 16.6. The monoisotopic (exact) mass is 313 g/mol. The SMILES string of the molecule is CC(C)[C@@H](NC(=O)Nc1cccc([N+](=O)[O-])c1)c1ccccc1. The summed E-state index contributed by atoms with van der Waals surface area (Å²) in [4.78, 5) is 22.5. The molecule has 0 heterocycles. The number of nitro benzene ring substituents is 1. The molecule has 6 heteroatoms. The first-order chi connectivity index (χ1) is 11.0. The molecule has 0 fully saturated rings. The van der Waals surface area contributed by atoms with Crippen LogP contribution in [-0.2, 0) is 0 Å². The molecule has 0 unspecified atom stereocenters. The molecule has 2 aromatic carbocycles. The van der Waals surface area contributed by atoms with Crippen molar-refractivity contribution in [2.24, 2.45) is 5.92 Å². The van der Waals surface area contributed by atoms with Gasteiger partial charge in [-0.05, 0) is 17.5 Å². The minimum atomic E-state index is -0.496. The first-order valence-electron chi connectivity index (χ1n) is 7.34. The van der Waals surface area contributed by atoms with Crippen LogP contribution in [0.4, 0.5) is 16.2 Å². The van der Waals surface area contributed by atoms with Gasteiger partial charge in [-0.15, -0.1) is 0 Å². The molecule has 0 radical (unpaired) electrons. The first kappa shape index (κ1) is 16.5. The van der Waals surface area contributed by atoms with Crippen molar-refractivity contribution in [2.45, 2.75) is 19.9 Å². The van der Waals surface area contributed by atoms with Crippen LogP contribution in [0, 0.1) is 16.0 Å². The second-order valence-corrected chi connectivity index (χ2v) is 5.54. The predicted molar refractivity (Wildman–Crippen MR) is 89.3 cm³/mol. The van der Waals surface area contributed by atoms with Crippen LogP contribution in [0.25, 0.3) is 0 Å². The number of anilines is 1. The van der Waals surface area contributed by atoms with Crippen molar-refractivity contribution in [1.82, 2.24) is 5.32 Å². The summed E-state index contributed by atoms with van der Waals surface area (Å²) in [5.41, 5.74) is 1.33. The number of carbonyl (C=O) groups is 1. The van der Waals surface area contributed by atoms with Gasteiger partial charge in [-0.3, -0.25) is 10.1 Å². The molecule has 0 aliphatic heterocycles. The van der Waals surface area contributed by atoms with Crippen molar-refractivity contribution >= 4 is 17.4 Å². The van der Waals surface area contributed by atoms with E-state index >= 15 is 0 Å². The fourth-order valence-electron chi connectivity index (χ4n) is 2.30. The summed E-state index contributed by atoms with van der Waals surface area (Å²) in [5.74, 6) is 0.202. The van der Waals surface area contributed by atoms with Crippen molar-refractivity contribution in [3.05, 3.63) is 70.3 Å². The van der Waals surface area contributed by atoms with E-state index in [9.17, 15) is 14.9 Å². The summed E-state index contributed by atoms with van der Waals surface area (Å²) in [7, 11) is 0. The molecule has 0 saturated carbocycles. The first-order valence-corrected chi connectivity index (χ1v) is 7.34. The van der Waals surface area contributed by atoms with Gasteiger partial charge in [0.05, 0.1) is 11.0 Å². The van der Waals surface area contributed by atoms with E-state index in [1.807, 2.05) is 44.2 Å². The van der Waals surface area contributed by atoms with Crippen molar-refractivity contribution in [1.29, 1.82) is 0 Å². The van der Waals surface area contributed by atoms with Crippen LogP contribution >= 0.6 is 0 Å². The molecule has 0 spiro atoms. The van der Waals surface area contributed by atoms with Crippen LogP contribution in [0.2, 0.25) is 0 Å². The van der Waals surface area contributed by atoms with Gasteiger partial charge in [0.2, 0.25) is 0 Å². The molecule has 1 atom stereocenters. The Kier molecular flexibility index (Phi) is 5.30. The summed E-state index contributed by atoms with van der Waals surface area (Å²) >= 11 is 0. The Morgan fingerprint density at radius 1 is 1.09 bits per heavy atom. The fraction of sp³-hybridized carbons (Fsp3) is 0.235. The standard InChI is InChI=1S/C17H19N3O3/c1-12(2)16(13-7-4-3-5-8-13)19-17(21)18-14-9-6-10-15(11-14)20(22)23/h3-12,16H,1-2H3,(H2,18,19,21)/t16-/m1/s1. The van der Waals surface area contributed by atoms with Gasteiger partial charge in [0, 0.05) is 17.8 Å². The van der Waals surface area contributed by atoms with Crippen molar-refractivity contribution < 1.29 is 9.72 Å². The molecule has 2 aromatic rings. The van der Waals surface area contributed by atoms with Crippen molar-refractivity contribution in [3.8, 4) is 0 Å². The van der Waals surface area contributed by atoms with Crippen LogP contribution in [0.15, 0.2) is 54.6 Å². The highest BCUT2D eigenvalue weighted by molar-refractivity contribution is 5.89. The van der Waals surface area contributed by atoms with Crippen LogP contribution in [-0.4, -0.2) is 11.0 Å². The zero-order valence-electron chi connectivity index (χ0n) is 13.0. The molecule has 0 aliphatic carbocycles. The molecule has 2 rings (SSSR count). The Morgan fingerprint density at radius 3 is 2.39 bits per heavy atom. The zero-order valence-corrected chi connectivity index (χ0v) is 13.0. The van der Waals surface area contributed by atoms with Gasteiger partial charge in [-0.25, -0.2) is 4.79 Å². The molecule has 0 bridgehead atoms. The lowest BCUT2D eigenvalue weighted by Crippen LogP contribution is -2.35. The molecular weight excluding hydrogens is 294 g/mol. The van der Waals surface area contributed by atoms with Gasteiger partial charge in [0.25, 0.3) is 5.69 Å². The Labute approximate surface area is 134 Å². The van der Waals surface area contributed by atoms with E-state index in [0.29, 0.717) is 5.69 Å². The third-order valence-electron chi connectivity index (χ3n) is 3.43. The Morgan fingerprint density at radius 2 is 1.78 bits per heavy atom. The number of benzene rings is 2. The van der Waals surface area contributed by atoms with Crippen LogP contribution in [0.3, 0.4) is 0 Å². The number of nitro groups is 1. The number of hydrogen-bond donors (Lipinski definition) is 2. The summed E-state index contributed by atoms with van der Waals surface area (Å²) in [6.07, 6.45) is 0. The van der Waals surface area contributed by atoms with Gasteiger partial charge in [0.1, 0.15) is 0 Å². The summed E-state index contributed by atoms with van der Waals surface area (Å²) in [6.45, 7) is 4.04. The molecule has 6 nitrogen and oxygen atoms in total. The maximum absolute atomic E-state index is 12.2. The topological polar surface area (TPSA) is 84.3 Å². The lowest BCUT2D eigenvalue weighted by atomic mass is 9.96. The normalized spacial score (nSPS) is 11.8. The second-order valence-electron chi connectivity index (χ2n) is 5.54. The van der Waals surface area contributed by atoms with Gasteiger partial charge in [-0.2, -0.15) is 0 Å². The average molecular weight is 313 g/mol. The zero-order chi connectivity index (χ0) is 16.8. The smallest absolute Gasteiger partial charge is 0.319 e. The molecule has 120 valence electrons. The number of nitrogens with one attached hydrogen (secondary N) is 2. The number of rotatable bonds is 5. The predicted octanol–water partition coefficient (Wildman–Crippen LogP) is 4.11. The van der Waals surface area contributed by atoms with Gasteiger partial charge in [-0.1, -0.05) is 50.2 Å². The quantitative estimate of drug-likeness (QED) is 0.643. The van der Waals surface area contributed by atoms with Crippen molar-refractivity contribution in [3.63, 3.8) is 0 Å². The van der Waals surface area contributed by atoms with E-state index in [4.69, 9.17) is 0 Å². The maximum Gasteiger partial charge on any atom is 0.319 e. The largest absolute Gasteiger partial charge is 0.331 e. The summed E-state index contributed by atoms with van der Waals surface area (Å²) in [6, 6.07) is 15.0. The van der Waals surface area contributed by atoms with Gasteiger partial charge in [0.15, 0.2) is 0 Å². The van der Waals surface area contributed by atoms with Crippen LogP contribution in [0.1, 0.15) is 25.5 Å². The van der Waals surface area contributed by atoms with E-state index in [1.54, 1.807) is 6.07 Å². The number of non-ortho nitro benzene ring substituents is 1. The molecule has 23 heavy (non-hydrogen) atoms. The molecule has 2 amide bonds. The van der Waals surface area contributed by atoms with Crippen molar-refractivity contribution in [2.75, 3.05) is 5.32 Å². The summed E-state index contributed by atoms with van der Waals surface area (Å²) in [5, 5.41) is 16.3. The number of carbonyl (C=O) groups excluding carboxylic acids is 1. The Hall–Kier alpha value is -2.89. The molecule has 0 saturated heterocycles. The van der Waals surface area contributed by atoms with Gasteiger partial charge < -0.3 is 10.6 Å². The van der Waals surface area contributed by atoms with E-state index in [0.717, 1.165) is 5.56 Å². The van der Waals surface area contributed by atoms with E-state index < -0.39 is 11.0 Å². The third kappa shape index (κ3) is 4.54. The molecule has 0 aliphatic rings. The van der Waals surface area contributed by atoms with Gasteiger partial charge >= 0.3 is 6.03 Å². The minimum absolute atomic E-state index is 0.0636.